The summed E-state index contributed by atoms with van der Waals surface area (Å²) in [5, 5.41) is 3.14. The standard InChI is InChI=1S/C20H30N2O5/c1-20(2,3)27-19(24)22(13-16-11-8-12-26-16)14-17(18(23)25-4)21-15-9-6-5-7-10-15/h5-7,9-10,16-17,21H,8,11-14H2,1-4H3/t16-,17-/m0/s1. The molecular weight excluding hydrogens is 348 g/mol. The lowest BCUT2D eigenvalue weighted by atomic mass is 10.2. The Labute approximate surface area is 161 Å². The molecule has 1 aromatic rings. The van der Waals surface area contributed by atoms with Crippen LogP contribution in [-0.4, -0.2) is 61.5 Å². The molecule has 0 radical (unpaired) electrons. The van der Waals surface area contributed by atoms with Crippen LogP contribution in [0.1, 0.15) is 33.6 Å². The van der Waals surface area contributed by atoms with Crippen molar-refractivity contribution in [1.82, 2.24) is 4.90 Å². The second-order valence-corrected chi connectivity index (χ2v) is 7.61. The van der Waals surface area contributed by atoms with Gasteiger partial charge >= 0.3 is 12.1 Å². The van der Waals surface area contributed by atoms with E-state index in [1.807, 2.05) is 51.1 Å². The average molecular weight is 378 g/mol. The fourth-order valence-corrected chi connectivity index (χ4v) is 2.86. The number of carbonyl (C=O) groups is 2. The second-order valence-electron chi connectivity index (χ2n) is 7.61. The Morgan fingerprint density at radius 3 is 2.56 bits per heavy atom. The van der Waals surface area contributed by atoms with Gasteiger partial charge < -0.3 is 24.4 Å². The number of nitrogens with zero attached hydrogens (tertiary/aromatic N) is 1. The van der Waals surface area contributed by atoms with Crippen molar-refractivity contribution in [2.45, 2.75) is 51.4 Å². The van der Waals surface area contributed by atoms with Crippen LogP contribution in [0.4, 0.5) is 10.5 Å². The summed E-state index contributed by atoms with van der Waals surface area (Å²) in [6.07, 6.45) is 1.33. The van der Waals surface area contributed by atoms with Crippen molar-refractivity contribution >= 4 is 17.7 Å². The second kappa shape index (κ2) is 9.60. The number of esters is 1. The van der Waals surface area contributed by atoms with E-state index in [0.717, 1.165) is 18.5 Å². The van der Waals surface area contributed by atoms with Gasteiger partial charge in [-0.25, -0.2) is 9.59 Å². The summed E-state index contributed by atoms with van der Waals surface area (Å²) in [6, 6.07) is 8.62. The van der Waals surface area contributed by atoms with Gasteiger partial charge in [0.2, 0.25) is 0 Å². The first-order valence-corrected chi connectivity index (χ1v) is 9.27. The van der Waals surface area contributed by atoms with Crippen LogP contribution in [-0.2, 0) is 19.0 Å². The molecule has 0 unspecified atom stereocenters. The quantitative estimate of drug-likeness (QED) is 0.735. The molecule has 150 valence electrons. The number of amides is 1. The molecule has 0 saturated carbocycles. The molecule has 0 bridgehead atoms. The van der Waals surface area contributed by atoms with E-state index in [1.54, 1.807) is 0 Å². The number of hydrogen-bond acceptors (Lipinski definition) is 6. The van der Waals surface area contributed by atoms with Crippen molar-refractivity contribution in [3.8, 4) is 0 Å². The van der Waals surface area contributed by atoms with Crippen molar-refractivity contribution in [1.29, 1.82) is 0 Å². The molecule has 1 heterocycles. The Kier molecular flexibility index (Phi) is 7.47. The summed E-state index contributed by atoms with van der Waals surface area (Å²) in [5.41, 5.74) is 0.147. The lowest BCUT2D eigenvalue weighted by molar-refractivity contribution is -0.141. The van der Waals surface area contributed by atoms with Gasteiger partial charge in [-0.2, -0.15) is 0 Å². The molecule has 1 aliphatic heterocycles. The minimum absolute atomic E-state index is 0.0486. The van der Waals surface area contributed by atoms with E-state index < -0.39 is 23.7 Å². The zero-order chi connectivity index (χ0) is 19.9. The molecule has 1 aliphatic rings. The van der Waals surface area contributed by atoms with Gasteiger partial charge in [0, 0.05) is 12.3 Å². The molecule has 7 nitrogen and oxygen atoms in total. The van der Waals surface area contributed by atoms with Gasteiger partial charge in [-0.3, -0.25) is 0 Å². The third kappa shape index (κ3) is 7.09. The number of anilines is 1. The summed E-state index contributed by atoms with van der Waals surface area (Å²) >= 11 is 0. The maximum absolute atomic E-state index is 12.7. The summed E-state index contributed by atoms with van der Waals surface area (Å²) in [5.74, 6) is -0.445. The van der Waals surface area contributed by atoms with Crippen LogP contribution < -0.4 is 5.32 Å². The minimum Gasteiger partial charge on any atom is -0.467 e. The summed E-state index contributed by atoms with van der Waals surface area (Å²) < 4.78 is 16.1. The zero-order valence-electron chi connectivity index (χ0n) is 16.6. The Hall–Kier alpha value is -2.28. The predicted molar refractivity (Wildman–Crippen MR) is 103 cm³/mol. The third-order valence-corrected chi connectivity index (χ3v) is 4.10. The molecule has 0 aliphatic carbocycles. The smallest absolute Gasteiger partial charge is 0.410 e. The molecule has 2 atom stereocenters. The molecule has 7 heteroatoms. The highest BCUT2D eigenvalue weighted by Gasteiger charge is 2.31. The van der Waals surface area contributed by atoms with Gasteiger partial charge in [0.25, 0.3) is 0 Å². The van der Waals surface area contributed by atoms with Gasteiger partial charge in [-0.05, 0) is 45.7 Å². The molecule has 1 saturated heterocycles. The lowest BCUT2D eigenvalue weighted by Gasteiger charge is -2.31. The van der Waals surface area contributed by atoms with Gasteiger partial charge in [0.1, 0.15) is 11.6 Å². The largest absolute Gasteiger partial charge is 0.467 e. The van der Waals surface area contributed by atoms with E-state index in [2.05, 4.69) is 5.32 Å². The molecule has 27 heavy (non-hydrogen) atoms. The van der Waals surface area contributed by atoms with Crippen molar-refractivity contribution < 1.29 is 23.8 Å². The average Bonchev–Trinajstić information content (AvgIpc) is 3.12. The first-order valence-electron chi connectivity index (χ1n) is 9.27. The van der Waals surface area contributed by atoms with Gasteiger partial charge in [-0.15, -0.1) is 0 Å². The fourth-order valence-electron chi connectivity index (χ4n) is 2.86. The van der Waals surface area contributed by atoms with Crippen molar-refractivity contribution in [3.05, 3.63) is 30.3 Å². The maximum Gasteiger partial charge on any atom is 0.410 e. The Bertz CT molecular complexity index is 609. The van der Waals surface area contributed by atoms with E-state index >= 15 is 0 Å². The third-order valence-electron chi connectivity index (χ3n) is 4.10. The highest BCUT2D eigenvalue weighted by Crippen LogP contribution is 2.17. The molecule has 2 rings (SSSR count). The lowest BCUT2D eigenvalue weighted by Crippen LogP contribution is -2.48. The first kappa shape index (κ1) is 21.0. The summed E-state index contributed by atoms with van der Waals surface area (Å²) in [4.78, 5) is 26.5. The van der Waals surface area contributed by atoms with Gasteiger partial charge in [0.15, 0.2) is 0 Å². The highest BCUT2D eigenvalue weighted by atomic mass is 16.6. The molecule has 1 N–H and O–H groups in total. The fraction of sp³-hybridized carbons (Fsp3) is 0.600. The molecule has 1 amide bonds. The Balaban J connectivity index is 2.14. The number of para-hydroxylation sites is 1. The number of benzene rings is 1. The van der Waals surface area contributed by atoms with Gasteiger partial charge in [0.05, 0.1) is 26.3 Å². The summed E-state index contributed by atoms with van der Waals surface area (Å²) in [6.45, 7) is 6.63. The normalized spacial score (nSPS) is 17.9. The Morgan fingerprint density at radius 1 is 1.30 bits per heavy atom. The number of hydrogen-bond donors (Lipinski definition) is 1. The highest BCUT2D eigenvalue weighted by molar-refractivity contribution is 5.80. The van der Waals surface area contributed by atoms with E-state index in [-0.39, 0.29) is 12.6 Å². The number of methoxy groups -OCH3 is 1. The van der Waals surface area contributed by atoms with E-state index in [0.29, 0.717) is 13.2 Å². The number of carbonyl (C=O) groups excluding carboxylic acids is 2. The van der Waals surface area contributed by atoms with Crippen LogP contribution in [0.25, 0.3) is 0 Å². The summed E-state index contributed by atoms with van der Waals surface area (Å²) in [7, 11) is 1.33. The number of ether oxygens (including phenoxy) is 3. The van der Waals surface area contributed by atoms with E-state index in [1.165, 1.54) is 12.0 Å². The monoisotopic (exact) mass is 378 g/mol. The predicted octanol–water partition coefficient (Wildman–Crippen LogP) is 3.06. The first-order chi connectivity index (χ1) is 12.8. The van der Waals surface area contributed by atoms with Crippen molar-refractivity contribution in [2.24, 2.45) is 0 Å². The Morgan fingerprint density at radius 2 is 2.00 bits per heavy atom. The number of rotatable bonds is 7. The van der Waals surface area contributed by atoms with Crippen molar-refractivity contribution in [2.75, 3.05) is 32.1 Å². The molecule has 0 spiro atoms. The van der Waals surface area contributed by atoms with Crippen LogP contribution in [0.5, 0.6) is 0 Å². The van der Waals surface area contributed by atoms with Gasteiger partial charge in [-0.1, -0.05) is 18.2 Å². The van der Waals surface area contributed by atoms with Crippen LogP contribution in [0.3, 0.4) is 0 Å². The SMILES string of the molecule is COC(=O)[C@H](CN(C[C@@H]1CCCO1)C(=O)OC(C)(C)C)Nc1ccccc1. The van der Waals surface area contributed by atoms with Crippen LogP contribution in [0.15, 0.2) is 30.3 Å². The molecule has 1 fully saturated rings. The molecule has 1 aromatic carbocycles. The number of nitrogens with one attached hydrogen (secondary N) is 1. The zero-order valence-corrected chi connectivity index (χ0v) is 16.6. The van der Waals surface area contributed by atoms with Crippen molar-refractivity contribution in [3.63, 3.8) is 0 Å². The molecular formula is C20H30N2O5. The topological polar surface area (TPSA) is 77.1 Å². The van der Waals surface area contributed by atoms with Crippen LogP contribution in [0.2, 0.25) is 0 Å². The van der Waals surface area contributed by atoms with Crippen LogP contribution in [0, 0.1) is 0 Å². The molecule has 0 aromatic heterocycles. The van der Waals surface area contributed by atoms with E-state index in [4.69, 9.17) is 14.2 Å². The maximum atomic E-state index is 12.7. The van der Waals surface area contributed by atoms with E-state index in [9.17, 15) is 9.59 Å². The minimum atomic E-state index is -0.716. The van der Waals surface area contributed by atoms with Crippen LogP contribution >= 0.6 is 0 Å².